The van der Waals surface area contributed by atoms with E-state index in [1.807, 2.05) is 0 Å². The molecule has 1 aromatic rings. The average Bonchev–Trinajstić information content (AvgIpc) is 2.32. The molecule has 0 atom stereocenters. The van der Waals surface area contributed by atoms with Crippen LogP contribution in [0.1, 0.15) is 17.3 Å². The van der Waals surface area contributed by atoms with Crippen molar-refractivity contribution in [3.8, 4) is 0 Å². The summed E-state index contributed by atoms with van der Waals surface area (Å²) >= 11 is 0. The molecule has 7 heteroatoms. The molecule has 1 aliphatic rings. The number of amides is 1. The second kappa shape index (κ2) is 5.31. The molecule has 0 radical (unpaired) electrons. The van der Waals surface area contributed by atoms with E-state index in [4.69, 9.17) is 0 Å². The molecule has 0 aliphatic carbocycles. The summed E-state index contributed by atoms with van der Waals surface area (Å²) in [6.45, 7) is 3.56. The van der Waals surface area contributed by atoms with E-state index in [0.29, 0.717) is 19.6 Å². The SMILES string of the molecule is CCN(C(=O)c1cc([N+](=O)[O-])ccc1F)C1CNC1. The lowest BCUT2D eigenvalue weighted by atomic mass is 10.1. The quantitative estimate of drug-likeness (QED) is 0.656. The number of nitrogens with one attached hydrogen (secondary N) is 1. The zero-order valence-electron chi connectivity index (χ0n) is 10.4. The molecule has 1 N–H and O–H groups in total. The molecular weight excluding hydrogens is 253 g/mol. The molecule has 1 aromatic carbocycles. The molecule has 6 nitrogen and oxygen atoms in total. The summed E-state index contributed by atoms with van der Waals surface area (Å²) in [7, 11) is 0. The van der Waals surface area contributed by atoms with Crippen molar-refractivity contribution < 1.29 is 14.1 Å². The Balaban J connectivity index is 2.31. The number of non-ortho nitro benzene ring substituents is 1. The number of hydrogen-bond acceptors (Lipinski definition) is 4. The molecule has 1 saturated heterocycles. The molecule has 1 heterocycles. The van der Waals surface area contributed by atoms with Crippen LogP contribution in [0.15, 0.2) is 18.2 Å². The highest BCUT2D eigenvalue weighted by molar-refractivity contribution is 5.95. The predicted molar refractivity (Wildman–Crippen MR) is 66.4 cm³/mol. The number of likely N-dealkylation sites (N-methyl/N-ethyl adjacent to an activating group) is 1. The first-order valence-electron chi connectivity index (χ1n) is 6.00. The highest BCUT2D eigenvalue weighted by Crippen LogP contribution is 2.20. The van der Waals surface area contributed by atoms with Crippen molar-refractivity contribution >= 4 is 11.6 Å². The first-order valence-corrected chi connectivity index (χ1v) is 6.00. The van der Waals surface area contributed by atoms with Crippen LogP contribution in [0.3, 0.4) is 0 Å². The van der Waals surface area contributed by atoms with Gasteiger partial charge in [0, 0.05) is 31.8 Å². The Morgan fingerprint density at radius 1 is 1.58 bits per heavy atom. The molecule has 1 fully saturated rings. The van der Waals surface area contributed by atoms with Crippen LogP contribution in [0.5, 0.6) is 0 Å². The monoisotopic (exact) mass is 267 g/mol. The van der Waals surface area contributed by atoms with Crippen LogP contribution >= 0.6 is 0 Å². The van der Waals surface area contributed by atoms with Gasteiger partial charge >= 0.3 is 0 Å². The first kappa shape index (κ1) is 13.4. The van der Waals surface area contributed by atoms with E-state index in [9.17, 15) is 19.3 Å². The van der Waals surface area contributed by atoms with E-state index in [0.717, 1.165) is 18.2 Å². The van der Waals surface area contributed by atoms with Crippen LogP contribution in [-0.2, 0) is 0 Å². The van der Waals surface area contributed by atoms with Gasteiger partial charge in [-0.2, -0.15) is 0 Å². The number of benzene rings is 1. The number of nitro benzene ring substituents is 1. The fraction of sp³-hybridized carbons (Fsp3) is 0.417. The average molecular weight is 267 g/mol. The maximum Gasteiger partial charge on any atom is 0.270 e. The molecular formula is C12H14FN3O3. The Morgan fingerprint density at radius 3 is 2.74 bits per heavy atom. The fourth-order valence-corrected chi connectivity index (χ4v) is 2.01. The van der Waals surface area contributed by atoms with E-state index >= 15 is 0 Å². The van der Waals surface area contributed by atoms with Crippen LogP contribution in [0.25, 0.3) is 0 Å². The Hall–Kier alpha value is -2.02. The third-order valence-electron chi connectivity index (χ3n) is 3.19. The third-order valence-corrected chi connectivity index (χ3v) is 3.19. The van der Waals surface area contributed by atoms with E-state index in [2.05, 4.69) is 5.32 Å². The highest BCUT2D eigenvalue weighted by atomic mass is 19.1. The predicted octanol–water partition coefficient (Wildman–Crippen LogP) is 1.17. The number of rotatable bonds is 4. The van der Waals surface area contributed by atoms with Crippen molar-refractivity contribution in [2.45, 2.75) is 13.0 Å². The van der Waals surface area contributed by atoms with Gasteiger partial charge in [-0.3, -0.25) is 14.9 Å². The molecule has 0 bridgehead atoms. The standard InChI is InChI=1S/C12H14FN3O3/c1-2-15(9-6-14-7-9)12(17)10-5-8(16(18)19)3-4-11(10)13/h3-5,9,14H,2,6-7H2,1H3. The topological polar surface area (TPSA) is 75.5 Å². The molecule has 19 heavy (non-hydrogen) atoms. The summed E-state index contributed by atoms with van der Waals surface area (Å²) in [5, 5.41) is 13.7. The number of carbonyl (C=O) groups is 1. The van der Waals surface area contributed by atoms with Gasteiger partial charge in [-0.15, -0.1) is 0 Å². The van der Waals surface area contributed by atoms with Crippen molar-refractivity contribution in [3.63, 3.8) is 0 Å². The van der Waals surface area contributed by atoms with Crippen molar-refractivity contribution in [2.24, 2.45) is 0 Å². The summed E-state index contributed by atoms with van der Waals surface area (Å²) in [5.74, 6) is -1.24. The van der Waals surface area contributed by atoms with Crippen molar-refractivity contribution in [1.82, 2.24) is 10.2 Å². The van der Waals surface area contributed by atoms with E-state index < -0.39 is 16.6 Å². The second-order valence-electron chi connectivity index (χ2n) is 4.32. The first-order chi connectivity index (χ1) is 9.04. The minimum absolute atomic E-state index is 0.0242. The zero-order chi connectivity index (χ0) is 14.0. The Labute approximate surface area is 109 Å². The van der Waals surface area contributed by atoms with Gasteiger partial charge < -0.3 is 10.2 Å². The lowest BCUT2D eigenvalue weighted by Crippen LogP contribution is -2.58. The van der Waals surface area contributed by atoms with Crippen LogP contribution in [0.4, 0.5) is 10.1 Å². The van der Waals surface area contributed by atoms with Gasteiger partial charge in [-0.25, -0.2) is 4.39 Å². The van der Waals surface area contributed by atoms with Gasteiger partial charge in [0.15, 0.2) is 0 Å². The summed E-state index contributed by atoms with van der Waals surface area (Å²) in [6, 6.07) is 3.02. The van der Waals surface area contributed by atoms with Gasteiger partial charge in [-0.1, -0.05) is 0 Å². The zero-order valence-corrected chi connectivity index (χ0v) is 10.4. The van der Waals surface area contributed by atoms with E-state index in [1.54, 1.807) is 6.92 Å². The maximum absolute atomic E-state index is 13.7. The number of carbonyl (C=O) groups excluding carboxylic acids is 1. The summed E-state index contributed by atoms with van der Waals surface area (Å²) < 4.78 is 13.7. The van der Waals surface area contributed by atoms with Crippen LogP contribution in [-0.4, -0.2) is 41.4 Å². The summed E-state index contributed by atoms with van der Waals surface area (Å²) in [6.07, 6.45) is 0. The molecule has 1 amide bonds. The van der Waals surface area contributed by atoms with Crippen molar-refractivity contribution in [1.29, 1.82) is 0 Å². The lowest BCUT2D eigenvalue weighted by molar-refractivity contribution is -0.384. The summed E-state index contributed by atoms with van der Waals surface area (Å²) in [4.78, 5) is 23.8. The third kappa shape index (κ3) is 2.55. The number of hydrogen-bond donors (Lipinski definition) is 1. The number of nitro groups is 1. The van der Waals surface area contributed by atoms with Crippen LogP contribution in [0, 0.1) is 15.9 Å². The Bertz CT molecular complexity index is 517. The molecule has 2 rings (SSSR count). The molecule has 1 aliphatic heterocycles. The van der Waals surface area contributed by atoms with Gasteiger partial charge in [0.25, 0.3) is 11.6 Å². The molecule has 0 unspecified atom stereocenters. The van der Waals surface area contributed by atoms with Gasteiger partial charge in [0.1, 0.15) is 5.82 Å². The molecule has 102 valence electrons. The van der Waals surface area contributed by atoms with Gasteiger partial charge in [-0.05, 0) is 13.0 Å². The van der Waals surface area contributed by atoms with E-state index in [-0.39, 0.29) is 17.3 Å². The fourth-order valence-electron chi connectivity index (χ4n) is 2.01. The second-order valence-corrected chi connectivity index (χ2v) is 4.32. The lowest BCUT2D eigenvalue weighted by Gasteiger charge is -2.37. The van der Waals surface area contributed by atoms with Crippen LogP contribution < -0.4 is 5.32 Å². The van der Waals surface area contributed by atoms with Gasteiger partial charge in [0.2, 0.25) is 0 Å². The van der Waals surface area contributed by atoms with Crippen molar-refractivity contribution in [3.05, 3.63) is 39.7 Å². The van der Waals surface area contributed by atoms with E-state index in [1.165, 1.54) is 4.90 Å². The van der Waals surface area contributed by atoms with Gasteiger partial charge in [0.05, 0.1) is 16.5 Å². The van der Waals surface area contributed by atoms with Crippen molar-refractivity contribution in [2.75, 3.05) is 19.6 Å². The number of nitrogens with zero attached hydrogens (tertiary/aromatic N) is 2. The molecule has 0 spiro atoms. The molecule has 0 aromatic heterocycles. The maximum atomic E-state index is 13.7. The highest BCUT2D eigenvalue weighted by Gasteiger charge is 2.30. The smallest absolute Gasteiger partial charge is 0.270 e. The largest absolute Gasteiger partial charge is 0.333 e. The minimum atomic E-state index is -0.735. The Kier molecular flexibility index (Phi) is 3.75. The minimum Gasteiger partial charge on any atom is -0.333 e. The van der Waals surface area contributed by atoms with Crippen LogP contribution in [0.2, 0.25) is 0 Å². The summed E-state index contributed by atoms with van der Waals surface area (Å²) in [5.41, 5.74) is -0.532. The Morgan fingerprint density at radius 2 is 2.26 bits per heavy atom. The normalized spacial score (nSPS) is 14.8. The molecule has 0 saturated carbocycles. The number of halogens is 1.